The van der Waals surface area contributed by atoms with Gasteiger partial charge in [0.2, 0.25) is 0 Å². The van der Waals surface area contributed by atoms with E-state index in [1.807, 2.05) is 0 Å². The Kier molecular flexibility index (Phi) is 3.98. The van der Waals surface area contributed by atoms with E-state index >= 15 is 0 Å². The Hall–Kier alpha value is -1.64. The van der Waals surface area contributed by atoms with Crippen molar-refractivity contribution < 1.29 is 27.9 Å². The number of nitrogens with one attached hydrogen (secondary N) is 1. The molecule has 1 aliphatic rings. The van der Waals surface area contributed by atoms with Crippen LogP contribution in [0, 0.1) is 5.92 Å². The molecule has 1 amide bonds. The summed E-state index contributed by atoms with van der Waals surface area (Å²) in [5, 5.41) is 11.3. The minimum Gasteiger partial charge on any atom is -0.481 e. The van der Waals surface area contributed by atoms with Crippen LogP contribution in [0.3, 0.4) is 0 Å². The summed E-state index contributed by atoms with van der Waals surface area (Å²) >= 11 is 0.357. The van der Waals surface area contributed by atoms with E-state index in [4.69, 9.17) is 5.11 Å². The maximum Gasteiger partial charge on any atom is 0.443 e. The van der Waals surface area contributed by atoms with E-state index in [1.54, 1.807) is 0 Å². The van der Waals surface area contributed by atoms with Crippen LogP contribution in [-0.4, -0.2) is 28.0 Å². The van der Waals surface area contributed by atoms with Crippen molar-refractivity contribution >= 4 is 23.2 Å². The second-order valence-corrected chi connectivity index (χ2v) is 5.41. The van der Waals surface area contributed by atoms with Crippen molar-refractivity contribution in [1.29, 1.82) is 0 Å². The molecule has 0 bridgehead atoms. The van der Waals surface area contributed by atoms with Gasteiger partial charge in [0.15, 0.2) is 5.01 Å². The molecule has 1 aliphatic carbocycles. The summed E-state index contributed by atoms with van der Waals surface area (Å²) in [5.41, 5.74) is -0.291. The SMILES string of the molecule is O=C(N[C@H]1CC[C@@H](C(=O)O)C1)c1csc(C(F)(F)F)n1. The highest BCUT2D eigenvalue weighted by molar-refractivity contribution is 7.09. The molecular weight excluding hydrogens is 297 g/mol. The van der Waals surface area contributed by atoms with E-state index < -0.39 is 29.0 Å². The largest absolute Gasteiger partial charge is 0.481 e. The van der Waals surface area contributed by atoms with Crippen LogP contribution in [0.2, 0.25) is 0 Å². The number of rotatable bonds is 3. The van der Waals surface area contributed by atoms with E-state index in [-0.39, 0.29) is 18.2 Å². The topological polar surface area (TPSA) is 79.3 Å². The monoisotopic (exact) mass is 308 g/mol. The molecule has 0 saturated heterocycles. The molecule has 1 fully saturated rings. The average molecular weight is 308 g/mol. The quantitative estimate of drug-likeness (QED) is 0.896. The Morgan fingerprint density at radius 1 is 1.40 bits per heavy atom. The molecule has 1 saturated carbocycles. The van der Waals surface area contributed by atoms with Crippen LogP contribution in [0.1, 0.15) is 34.8 Å². The van der Waals surface area contributed by atoms with E-state index in [1.165, 1.54) is 0 Å². The van der Waals surface area contributed by atoms with Gasteiger partial charge in [-0.15, -0.1) is 11.3 Å². The zero-order chi connectivity index (χ0) is 14.9. The predicted molar refractivity (Wildman–Crippen MR) is 63.3 cm³/mol. The smallest absolute Gasteiger partial charge is 0.443 e. The minimum absolute atomic E-state index is 0.289. The second kappa shape index (κ2) is 5.39. The zero-order valence-corrected chi connectivity index (χ0v) is 10.9. The number of carboxylic acid groups (broad SMARTS) is 1. The normalized spacial score (nSPS) is 22.8. The number of halogens is 3. The number of thiazole rings is 1. The van der Waals surface area contributed by atoms with E-state index in [0.717, 1.165) is 5.38 Å². The third-order valence-electron chi connectivity index (χ3n) is 3.10. The van der Waals surface area contributed by atoms with Gasteiger partial charge in [0, 0.05) is 11.4 Å². The Labute approximate surface area is 115 Å². The van der Waals surface area contributed by atoms with Gasteiger partial charge in [-0.3, -0.25) is 9.59 Å². The lowest BCUT2D eigenvalue weighted by atomic mass is 10.1. The van der Waals surface area contributed by atoms with Crippen LogP contribution in [0.15, 0.2) is 5.38 Å². The standard InChI is InChI=1S/C11H11F3N2O3S/c12-11(13,14)10-16-7(4-20-10)8(17)15-6-2-1-5(3-6)9(18)19/h4-6H,1-3H2,(H,15,17)(H,18,19)/t5-,6+/m1/s1. The summed E-state index contributed by atoms with van der Waals surface area (Å²) in [6.07, 6.45) is -3.33. The molecule has 5 nitrogen and oxygen atoms in total. The molecular formula is C11H11F3N2O3S. The molecule has 20 heavy (non-hydrogen) atoms. The first-order valence-electron chi connectivity index (χ1n) is 5.83. The third kappa shape index (κ3) is 3.27. The van der Waals surface area contributed by atoms with Crippen molar-refractivity contribution in [1.82, 2.24) is 10.3 Å². The zero-order valence-electron chi connectivity index (χ0n) is 10.1. The Morgan fingerprint density at radius 2 is 2.10 bits per heavy atom. The molecule has 9 heteroatoms. The molecule has 0 radical (unpaired) electrons. The molecule has 110 valence electrons. The van der Waals surface area contributed by atoms with Gasteiger partial charge < -0.3 is 10.4 Å². The molecule has 0 unspecified atom stereocenters. The number of aliphatic carboxylic acids is 1. The Morgan fingerprint density at radius 3 is 2.60 bits per heavy atom. The first-order chi connectivity index (χ1) is 9.27. The van der Waals surface area contributed by atoms with E-state index in [2.05, 4.69) is 10.3 Å². The van der Waals surface area contributed by atoms with Crippen LogP contribution >= 0.6 is 11.3 Å². The molecule has 2 rings (SSSR count). The molecule has 1 aromatic heterocycles. The van der Waals surface area contributed by atoms with Gasteiger partial charge in [-0.05, 0) is 19.3 Å². The number of alkyl halides is 3. The number of hydrogen-bond acceptors (Lipinski definition) is 4. The summed E-state index contributed by atoms with van der Waals surface area (Å²) in [4.78, 5) is 25.7. The Balaban J connectivity index is 1.96. The lowest BCUT2D eigenvalue weighted by Crippen LogP contribution is -2.33. The van der Waals surface area contributed by atoms with Gasteiger partial charge in [-0.25, -0.2) is 4.98 Å². The highest BCUT2D eigenvalue weighted by Gasteiger charge is 2.36. The molecule has 0 aromatic carbocycles. The van der Waals surface area contributed by atoms with E-state index in [0.29, 0.717) is 24.2 Å². The van der Waals surface area contributed by atoms with Crippen LogP contribution in [-0.2, 0) is 11.0 Å². The van der Waals surface area contributed by atoms with E-state index in [9.17, 15) is 22.8 Å². The summed E-state index contributed by atoms with van der Waals surface area (Å²) in [7, 11) is 0. The van der Waals surface area contributed by atoms with Crippen molar-refractivity contribution in [2.24, 2.45) is 5.92 Å². The summed E-state index contributed by atoms with van der Waals surface area (Å²) in [5.74, 6) is -2.14. The third-order valence-corrected chi connectivity index (χ3v) is 3.98. The van der Waals surface area contributed by atoms with Crippen molar-refractivity contribution in [2.45, 2.75) is 31.5 Å². The minimum atomic E-state index is -4.56. The number of nitrogens with zero attached hydrogens (tertiary/aromatic N) is 1. The number of carbonyl (C=O) groups excluding carboxylic acids is 1. The van der Waals surface area contributed by atoms with Crippen molar-refractivity contribution in [3.8, 4) is 0 Å². The lowest BCUT2D eigenvalue weighted by Gasteiger charge is -2.11. The number of carboxylic acids is 1. The van der Waals surface area contributed by atoms with Crippen LogP contribution in [0.5, 0.6) is 0 Å². The summed E-state index contributed by atoms with van der Waals surface area (Å²) in [6.45, 7) is 0. The van der Waals surface area contributed by atoms with Gasteiger partial charge in [0.05, 0.1) is 5.92 Å². The molecule has 2 atom stereocenters. The number of carbonyl (C=O) groups is 2. The Bertz CT molecular complexity index is 529. The fraction of sp³-hybridized carbons (Fsp3) is 0.545. The number of amides is 1. The first kappa shape index (κ1) is 14.8. The maximum atomic E-state index is 12.4. The second-order valence-electron chi connectivity index (χ2n) is 4.55. The van der Waals surface area contributed by atoms with Gasteiger partial charge in [0.1, 0.15) is 5.69 Å². The lowest BCUT2D eigenvalue weighted by molar-refractivity contribution is -0.141. The molecule has 0 aliphatic heterocycles. The van der Waals surface area contributed by atoms with Crippen LogP contribution in [0.4, 0.5) is 13.2 Å². The molecule has 1 heterocycles. The summed E-state index contributed by atoms with van der Waals surface area (Å²) < 4.78 is 37.1. The average Bonchev–Trinajstić information content (AvgIpc) is 2.95. The van der Waals surface area contributed by atoms with Gasteiger partial charge in [-0.2, -0.15) is 13.2 Å². The number of aromatic nitrogens is 1. The molecule has 0 spiro atoms. The molecule has 2 N–H and O–H groups in total. The molecule has 1 aromatic rings. The van der Waals surface area contributed by atoms with Crippen molar-refractivity contribution in [3.05, 3.63) is 16.1 Å². The highest BCUT2D eigenvalue weighted by Crippen LogP contribution is 2.32. The highest BCUT2D eigenvalue weighted by atomic mass is 32.1. The van der Waals surface area contributed by atoms with Crippen LogP contribution in [0.25, 0.3) is 0 Å². The number of hydrogen-bond donors (Lipinski definition) is 2. The van der Waals surface area contributed by atoms with Crippen molar-refractivity contribution in [2.75, 3.05) is 0 Å². The fourth-order valence-electron chi connectivity index (χ4n) is 2.10. The maximum absolute atomic E-state index is 12.4. The predicted octanol–water partition coefficient (Wildman–Crippen LogP) is 2.14. The van der Waals surface area contributed by atoms with Crippen molar-refractivity contribution in [3.63, 3.8) is 0 Å². The van der Waals surface area contributed by atoms with Gasteiger partial charge in [0.25, 0.3) is 5.91 Å². The van der Waals surface area contributed by atoms with Crippen LogP contribution < -0.4 is 5.32 Å². The summed E-state index contributed by atoms with van der Waals surface area (Å²) in [6, 6.07) is -0.334. The fourth-order valence-corrected chi connectivity index (χ4v) is 2.77. The first-order valence-corrected chi connectivity index (χ1v) is 6.71. The van der Waals surface area contributed by atoms with Gasteiger partial charge in [-0.1, -0.05) is 0 Å². The van der Waals surface area contributed by atoms with Gasteiger partial charge >= 0.3 is 12.1 Å².